The van der Waals surface area contributed by atoms with E-state index in [9.17, 15) is 0 Å². The number of H-pyrrole nitrogens is 1. The summed E-state index contributed by atoms with van der Waals surface area (Å²) in [6.45, 7) is 2.71. The lowest BCUT2D eigenvalue weighted by Gasteiger charge is -2.08. The van der Waals surface area contributed by atoms with E-state index in [1.165, 1.54) is 33.2 Å². The van der Waals surface area contributed by atoms with E-state index in [-0.39, 0.29) is 0 Å². The van der Waals surface area contributed by atoms with Gasteiger partial charge in [0.2, 0.25) is 0 Å². The molecule has 1 N–H and O–H groups in total. The van der Waals surface area contributed by atoms with E-state index in [0.717, 1.165) is 5.75 Å². The number of aromatic nitrogens is 1. The highest BCUT2D eigenvalue weighted by atomic mass is 16.5. The zero-order valence-electron chi connectivity index (χ0n) is 13.6. The third kappa shape index (κ3) is 2.91. The molecule has 0 radical (unpaired) electrons. The van der Waals surface area contributed by atoms with Gasteiger partial charge in [-0.3, -0.25) is 0 Å². The molecule has 0 aliphatic rings. The Morgan fingerprint density at radius 1 is 0.833 bits per heavy atom. The number of hydrogen-bond acceptors (Lipinski definition) is 1. The summed E-state index contributed by atoms with van der Waals surface area (Å²) in [5, 5.41) is 1.28. The van der Waals surface area contributed by atoms with Crippen LogP contribution in [0.5, 0.6) is 5.75 Å². The first-order valence-corrected chi connectivity index (χ1v) is 8.14. The van der Waals surface area contributed by atoms with Crippen molar-refractivity contribution < 1.29 is 4.74 Å². The number of nitrogens with one attached hydrogen (secondary N) is 1. The van der Waals surface area contributed by atoms with Gasteiger partial charge in [-0.1, -0.05) is 54.6 Å². The molecule has 0 aliphatic heterocycles. The van der Waals surface area contributed by atoms with E-state index in [2.05, 4.69) is 60.6 Å². The molecule has 0 unspecified atom stereocenters. The molecule has 2 nitrogen and oxygen atoms in total. The average molecular weight is 313 g/mol. The van der Waals surface area contributed by atoms with Crippen LogP contribution in [-0.2, 0) is 6.61 Å². The standard InChI is InChI=1S/C22H19NO/c1-16-14-23-22-13-19(9-12-21(16)22)18-7-10-20(11-8-18)24-15-17-5-3-2-4-6-17/h2-14,23H,15H2,1H3. The molecule has 0 atom stereocenters. The first-order chi connectivity index (χ1) is 11.8. The van der Waals surface area contributed by atoms with Crippen LogP contribution in [0.3, 0.4) is 0 Å². The topological polar surface area (TPSA) is 25.0 Å². The van der Waals surface area contributed by atoms with Crippen LogP contribution >= 0.6 is 0 Å². The van der Waals surface area contributed by atoms with Crippen molar-refractivity contribution in [3.63, 3.8) is 0 Å². The molecule has 4 aromatic rings. The van der Waals surface area contributed by atoms with E-state index in [1.54, 1.807) is 0 Å². The highest BCUT2D eigenvalue weighted by molar-refractivity contribution is 5.87. The number of ether oxygens (including phenoxy) is 1. The van der Waals surface area contributed by atoms with Crippen molar-refractivity contribution in [2.24, 2.45) is 0 Å². The van der Waals surface area contributed by atoms with Gasteiger partial charge in [-0.2, -0.15) is 0 Å². The van der Waals surface area contributed by atoms with Gasteiger partial charge in [0.15, 0.2) is 0 Å². The van der Waals surface area contributed by atoms with Crippen LogP contribution in [-0.4, -0.2) is 4.98 Å². The smallest absolute Gasteiger partial charge is 0.119 e. The second-order valence-corrected chi connectivity index (χ2v) is 6.03. The highest BCUT2D eigenvalue weighted by Crippen LogP contribution is 2.27. The van der Waals surface area contributed by atoms with Crippen molar-refractivity contribution in [1.82, 2.24) is 4.98 Å². The Balaban J connectivity index is 1.52. The van der Waals surface area contributed by atoms with Crippen LogP contribution < -0.4 is 4.74 Å². The maximum Gasteiger partial charge on any atom is 0.119 e. The minimum atomic E-state index is 0.591. The quantitative estimate of drug-likeness (QED) is 0.512. The second kappa shape index (κ2) is 6.25. The summed E-state index contributed by atoms with van der Waals surface area (Å²) < 4.78 is 5.85. The van der Waals surface area contributed by atoms with E-state index in [4.69, 9.17) is 4.74 Å². The van der Waals surface area contributed by atoms with Crippen LogP contribution in [0, 0.1) is 6.92 Å². The maximum absolute atomic E-state index is 5.85. The summed E-state index contributed by atoms with van der Waals surface area (Å²) in [4.78, 5) is 3.32. The van der Waals surface area contributed by atoms with Gasteiger partial charge in [0, 0.05) is 17.1 Å². The molecule has 0 fully saturated rings. The highest BCUT2D eigenvalue weighted by Gasteiger charge is 2.03. The third-order valence-electron chi connectivity index (χ3n) is 4.32. The minimum absolute atomic E-state index is 0.591. The molecule has 0 saturated carbocycles. The van der Waals surface area contributed by atoms with Gasteiger partial charge in [-0.25, -0.2) is 0 Å². The van der Waals surface area contributed by atoms with Crippen LogP contribution in [0.2, 0.25) is 0 Å². The lowest BCUT2D eigenvalue weighted by atomic mass is 10.0. The van der Waals surface area contributed by atoms with Crippen LogP contribution in [0.25, 0.3) is 22.0 Å². The van der Waals surface area contributed by atoms with Crippen molar-refractivity contribution in [1.29, 1.82) is 0 Å². The zero-order chi connectivity index (χ0) is 16.4. The molecule has 4 rings (SSSR count). The summed E-state index contributed by atoms with van der Waals surface area (Å²) >= 11 is 0. The monoisotopic (exact) mass is 313 g/mol. The Kier molecular flexibility index (Phi) is 3.80. The fourth-order valence-corrected chi connectivity index (χ4v) is 2.94. The van der Waals surface area contributed by atoms with Gasteiger partial charge in [0.1, 0.15) is 12.4 Å². The predicted molar refractivity (Wildman–Crippen MR) is 99.2 cm³/mol. The number of benzene rings is 3. The molecule has 3 aromatic carbocycles. The molecule has 0 saturated heterocycles. The molecule has 0 amide bonds. The van der Waals surface area contributed by atoms with Crippen molar-refractivity contribution >= 4 is 10.9 Å². The molecule has 0 spiro atoms. The number of aromatic amines is 1. The summed E-state index contributed by atoms with van der Waals surface area (Å²) in [6, 6.07) is 25.0. The second-order valence-electron chi connectivity index (χ2n) is 6.03. The van der Waals surface area contributed by atoms with E-state index >= 15 is 0 Å². The SMILES string of the molecule is Cc1c[nH]c2cc(-c3ccc(OCc4ccccc4)cc3)ccc12. The van der Waals surface area contributed by atoms with Crippen molar-refractivity contribution in [2.45, 2.75) is 13.5 Å². The molecule has 2 heteroatoms. The van der Waals surface area contributed by atoms with Gasteiger partial charge >= 0.3 is 0 Å². The Bertz CT molecular complexity index is 952. The Morgan fingerprint density at radius 3 is 2.38 bits per heavy atom. The Labute approximate surface area is 141 Å². The molecular formula is C22H19NO. The number of fused-ring (bicyclic) bond motifs is 1. The number of hydrogen-bond donors (Lipinski definition) is 1. The van der Waals surface area contributed by atoms with Crippen LogP contribution in [0.15, 0.2) is 79.0 Å². The predicted octanol–water partition coefficient (Wildman–Crippen LogP) is 5.72. The summed E-state index contributed by atoms with van der Waals surface area (Å²) in [5.74, 6) is 0.888. The summed E-state index contributed by atoms with van der Waals surface area (Å²) in [6.07, 6.45) is 2.05. The fraction of sp³-hybridized carbons (Fsp3) is 0.0909. The number of aryl methyl sites for hydroxylation is 1. The number of rotatable bonds is 4. The molecule has 0 bridgehead atoms. The van der Waals surface area contributed by atoms with Crippen molar-refractivity contribution in [3.05, 3.63) is 90.1 Å². The molecule has 24 heavy (non-hydrogen) atoms. The normalized spacial score (nSPS) is 10.9. The molecular weight excluding hydrogens is 294 g/mol. The lowest BCUT2D eigenvalue weighted by Crippen LogP contribution is -1.94. The maximum atomic E-state index is 5.85. The molecule has 0 aliphatic carbocycles. The largest absolute Gasteiger partial charge is 0.489 e. The van der Waals surface area contributed by atoms with E-state index < -0.39 is 0 Å². The lowest BCUT2D eigenvalue weighted by molar-refractivity contribution is 0.306. The summed E-state index contributed by atoms with van der Waals surface area (Å²) in [7, 11) is 0. The first kappa shape index (κ1) is 14.6. The van der Waals surface area contributed by atoms with Crippen LogP contribution in [0.1, 0.15) is 11.1 Å². The van der Waals surface area contributed by atoms with Gasteiger partial charge in [0.25, 0.3) is 0 Å². The van der Waals surface area contributed by atoms with E-state index in [0.29, 0.717) is 6.61 Å². The average Bonchev–Trinajstić information content (AvgIpc) is 3.02. The van der Waals surface area contributed by atoms with Crippen molar-refractivity contribution in [3.8, 4) is 16.9 Å². The Hall–Kier alpha value is -3.00. The van der Waals surface area contributed by atoms with Crippen molar-refractivity contribution in [2.75, 3.05) is 0 Å². The van der Waals surface area contributed by atoms with Gasteiger partial charge in [-0.05, 0) is 47.4 Å². The molecule has 1 aromatic heterocycles. The zero-order valence-corrected chi connectivity index (χ0v) is 13.6. The van der Waals surface area contributed by atoms with Crippen LogP contribution in [0.4, 0.5) is 0 Å². The fourth-order valence-electron chi connectivity index (χ4n) is 2.94. The molecule has 1 heterocycles. The van der Waals surface area contributed by atoms with Gasteiger partial charge in [0.05, 0.1) is 0 Å². The van der Waals surface area contributed by atoms with Gasteiger partial charge < -0.3 is 9.72 Å². The minimum Gasteiger partial charge on any atom is -0.489 e. The third-order valence-corrected chi connectivity index (χ3v) is 4.32. The Morgan fingerprint density at radius 2 is 1.58 bits per heavy atom. The van der Waals surface area contributed by atoms with E-state index in [1.807, 2.05) is 30.3 Å². The molecule has 118 valence electrons. The summed E-state index contributed by atoms with van der Waals surface area (Å²) in [5.41, 5.74) is 6.03. The first-order valence-electron chi connectivity index (χ1n) is 8.14. The van der Waals surface area contributed by atoms with Gasteiger partial charge in [-0.15, -0.1) is 0 Å².